The highest BCUT2D eigenvalue weighted by Gasteiger charge is 2.21. The standard InChI is InChI=1S/C15H19N3S/c1-15(2,3)18-13(16-17-14(18)19)12-8-7-10-5-4-6-11(10)9-12/h7-9H,4-6H2,1-3H3,(H,17,19). The number of nitrogens with one attached hydrogen (secondary N) is 1. The van der Waals surface area contributed by atoms with Gasteiger partial charge in [0.25, 0.3) is 0 Å². The summed E-state index contributed by atoms with van der Waals surface area (Å²) >= 11 is 5.37. The number of benzene rings is 1. The van der Waals surface area contributed by atoms with Crippen LogP contribution in [0, 0.1) is 4.77 Å². The van der Waals surface area contributed by atoms with Crippen molar-refractivity contribution in [1.29, 1.82) is 0 Å². The molecule has 0 atom stereocenters. The molecule has 0 bridgehead atoms. The molecule has 3 nitrogen and oxygen atoms in total. The number of aryl methyl sites for hydroxylation is 2. The van der Waals surface area contributed by atoms with Crippen LogP contribution in [0.4, 0.5) is 0 Å². The van der Waals surface area contributed by atoms with Gasteiger partial charge in [-0.15, -0.1) is 0 Å². The van der Waals surface area contributed by atoms with Crippen molar-refractivity contribution in [3.8, 4) is 11.4 Å². The molecule has 1 N–H and O–H groups in total. The molecule has 19 heavy (non-hydrogen) atoms. The fourth-order valence-corrected chi connectivity index (χ4v) is 3.23. The minimum absolute atomic E-state index is 0.0710. The number of aromatic nitrogens is 3. The Morgan fingerprint density at radius 2 is 1.95 bits per heavy atom. The average molecular weight is 273 g/mol. The second kappa shape index (κ2) is 4.30. The van der Waals surface area contributed by atoms with Crippen LogP contribution >= 0.6 is 12.2 Å². The molecular weight excluding hydrogens is 254 g/mol. The van der Waals surface area contributed by atoms with E-state index < -0.39 is 0 Å². The van der Waals surface area contributed by atoms with Crippen LogP contribution < -0.4 is 0 Å². The predicted molar refractivity (Wildman–Crippen MR) is 79.9 cm³/mol. The minimum Gasteiger partial charge on any atom is -0.295 e. The Kier molecular flexibility index (Phi) is 2.86. The predicted octanol–water partition coefficient (Wildman–Crippen LogP) is 3.85. The van der Waals surface area contributed by atoms with Gasteiger partial charge < -0.3 is 0 Å². The first-order chi connectivity index (χ1) is 8.97. The maximum atomic E-state index is 5.37. The number of H-pyrrole nitrogens is 1. The lowest BCUT2D eigenvalue weighted by Gasteiger charge is -2.22. The highest BCUT2D eigenvalue weighted by molar-refractivity contribution is 7.71. The van der Waals surface area contributed by atoms with E-state index in [1.807, 2.05) is 0 Å². The van der Waals surface area contributed by atoms with E-state index in [1.165, 1.54) is 30.4 Å². The zero-order valence-corrected chi connectivity index (χ0v) is 12.5. The average Bonchev–Trinajstić information content (AvgIpc) is 2.92. The van der Waals surface area contributed by atoms with Crippen molar-refractivity contribution in [3.63, 3.8) is 0 Å². The molecule has 100 valence electrons. The van der Waals surface area contributed by atoms with Gasteiger partial charge in [-0.25, -0.2) is 0 Å². The third kappa shape index (κ3) is 2.14. The molecule has 1 heterocycles. The van der Waals surface area contributed by atoms with E-state index in [9.17, 15) is 0 Å². The molecule has 2 aromatic rings. The van der Waals surface area contributed by atoms with Gasteiger partial charge in [0.2, 0.25) is 0 Å². The van der Waals surface area contributed by atoms with Gasteiger partial charge in [-0.05, 0) is 69.4 Å². The van der Waals surface area contributed by atoms with Crippen molar-refractivity contribution in [3.05, 3.63) is 34.1 Å². The van der Waals surface area contributed by atoms with Crippen molar-refractivity contribution in [2.75, 3.05) is 0 Å². The molecule has 1 aliphatic rings. The maximum absolute atomic E-state index is 5.37. The number of hydrogen-bond acceptors (Lipinski definition) is 2. The molecular formula is C15H19N3S. The number of fused-ring (bicyclic) bond motifs is 1. The van der Waals surface area contributed by atoms with Gasteiger partial charge in [0, 0.05) is 11.1 Å². The molecule has 0 fully saturated rings. The van der Waals surface area contributed by atoms with Crippen molar-refractivity contribution in [1.82, 2.24) is 14.8 Å². The summed E-state index contributed by atoms with van der Waals surface area (Å²) in [5.41, 5.74) is 4.04. The molecule has 0 spiro atoms. The van der Waals surface area contributed by atoms with Gasteiger partial charge in [-0.3, -0.25) is 9.67 Å². The second-order valence-corrected chi connectivity index (χ2v) is 6.58. The van der Waals surface area contributed by atoms with Crippen LogP contribution in [0.1, 0.15) is 38.3 Å². The number of rotatable bonds is 1. The van der Waals surface area contributed by atoms with Crippen LogP contribution in [0.15, 0.2) is 18.2 Å². The molecule has 0 amide bonds. The lowest BCUT2D eigenvalue weighted by molar-refractivity contribution is 0.395. The Bertz CT molecular complexity index is 673. The van der Waals surface area contributed by atoms with Crippen molar-refractivity contribution < 1.29 is 0 Å². The smallest absolute Gasteiger partial charge is 0.195 e. The fraction of sp³-hybridized carbons (Fsp3) is 0.467. The molecule has 3 rings (SSSR count). The van der Waals surface area contributed by atoms with Gasteiger partial charge in [-0.2, -0.15) is 5.10 Å². The molecule has 0 unspecified atom stereocenters. The largest absolute Gasteiger partial charge is 0.295 e. The molecule has 0 saturated heterocycles. The fourth-order valence-electron chi connectivity index (χ4n) is 2.82. The summed E-state index contributed by atoms with van der Waals surface area (Å²) in [5, 5.41) is 7.35. The van der Waals surface area contributed by atoms with E-state index in [2.05, 4.69) is 53.7 Å². The molecule has 4 heteroatoms. The van der Waals surface area contributed by atoms with E-state index in [0.717, 1.165) is 11.4 Å². The lowest BCUT2D eigenvalue weighted by Crippen LogP contribution is -2.23. The normalized spacial score (nSPS) is 14.7. The Balaban J connectivity index is 2.16. The van der Waals surface area contributed by atoms with Crippen LogP contribution in [-0.4, -0.2) is 14.8 Å². The Labute approximate surface area is 118 Å². The van der Waals surface area contributed by atoms with Gasteiger partial charge in [0.05, 0.1) is 0 Å². The van der Waals surface area contributed by atoms with Crippen LogP contribution in [0.3, 0.4) is 0 Å². The quantitative estimate of drug-likeness (QED) is 0.801. The lowest BCUT2D eigenvalue weighted by atomic mass is 10.0. The highest BCUT2D eigenvalue weighted by Crippen LogP contribution is 2.29. The Morgan fingerprint density at radius 3 is 2.68 bits per heavy atom. The van der Waals surface area contributed by atoms with Crippen LogP contribution in [0.25, 0.3) is 11.4 Å². The number of hydrogen-bond donors (Lipinski definition) is 1. The molecule has 1 aromatic carbocycles. The summed E-state index contributed by atoms with van der Waals surface area (Å²) < 4.78 is 2.78. The first-order valence-electron chi connectivity index (χ1n) is 6.77. The zero-order chi connectivity index (χ0) is 13.6. The van der Waals surface area contributed by atoms with Gasteiger partial charge in [0.15, 0.2) is 10.6 Å². The SMILES string of the molecule is CC(C)(C)n1c(-c2ccc3c(c2)CCC3)n[nH]c1=S. The number of aromatic amines is 1. The molecule has 0 saturated carbocycles. The first-order valence-corrected chi connectivity index (χ1v) is 7.18. The molecule has 1 aromatic heterocycles. The van der Waals surface area contributed by atoms with Crippen molar-refractivity contribution >= 4 is 12.2 Å². The summed E-state index contributed by atoms with van der Waals surface area (Å²) in [6.45, 7) is 6.44. The third-order valence-electron chi connectivity index (χ3n) is 3.70. The topological polar surface area (TPSA) is 33.6 Å². The molecule has 0 radical (unpaired) electrons. The van der Waals surface area contributed by atoms with Crippen LogP contribution in [0.2, 0.25) is 0 Å². The van der Waals surface area contributed by atoms with Crippen LogP contribution in [-0.2, 0) is 18.4 Å². The van der Waals surface area contributed by atoms with Gasteiger partial charge in [-0.1, -0.05) is 12.1 Å². The summed E-state index contributed by atoms with van der Waals surface area (Å²) in [7, 11) is 0. The van der Waals surface area contributed by atoms with E-state index in [0.29, 0.717) is 4.77 Å². The monoisotopic (exact) mass is 273 g/mol. The second-order valence-electron chi connectivity index (χ2n) is 6.20. The Hall–Kier alpha value is -1.42. The van der Waals surface area contributed by atoms with Crippen LogP contribution in [0.5, 0.6) is 0 Å². The summed E-state index contributed by atoms with van der Waals surface area (Å²) in [5.74, 6) is 0.937. The van der Waals surface area contributed by atoms with E-state index in [-0.39, 0.29) is 5.54 Å². The van der Waals surface area contributed by atoms with Crippen molar-refractivity contribution in [2.24, 2.45) is 0 Å². The van der Waals surface area contributed by atoms with Gasteiger partial charge >= 0.3 is 0 Å². The highest BCUT2D eigenvalue weighted by atomic mass is 32.1. The summed E-state index contributed by atoms with van der Waals surface area (Å²) in [6.07, 6.45) is 3.66. The minimum atomic E-state index is -0.0710. The summed E-state index contributed by atoms with van der Waals surface area (Å²) in [4.78, 5) is 0. The summed E-state index contributed by atoms with van der Waals surface area (Å²) in [6, 6.07) is 6.68. The zero-order valence-electron chi connectivity index (χ0n) is 11.7. The van der Waals surface area contributed by atoms with E-state index in [4.69, 9.17) is 12.2 Å². The van der Waals surface area contributed by atoms with E-state index in [1.54, 1.807) is 0 Å². The Morgan fingerprint density at radius 1 is 1.21 bits per heavy atom. The molecule has 0 aliphatic heterocycles. The first kappa shape index (κ1) is 12.6. The maximum Gasteiger partial charge on any atom is 0.195 e. The van der Waals surface area contributed by atoms with Crippen molar-refractivity contribution in [2.45, 2.75) is 45.6 Å². The molecule has 1 aliphatic carbocycles. The number of nitrogens with zero attached hydrogens (tertiary/aromatic N) is 2. The van der Waals surface area contributed by atoms with E-state index >= 15 is 0 Å². The van der Waals surface area contributed by atoms with Gasteiger partial charge in [0.1, 0.15) is 0 Å². The third-order valence-corrected chi connectivity index (χ3v) is 3.97.